The first-order valence-corrected chi connectivity index (χ1v) is 4.25. The zero-order valence-corrected chi connectivity index (χ0v) is 8.80. The lowest BCUT2D eigenvalue weighted by molar-refractivity contribution is -0.134. The van der Waals surface area contributed by atoms with Crippen LogP contribution in [0.4, 0.5) is 0 Å². The number of aliphatic hydroxyl groups is 1. The molecule has 0 aromatic heterocycles. The Morgan fingerprint density at radius 2 is 1.53 bits per heavy atom. The fraction of sp³-hybridized carbons (Fsp3) is 0.556. The van der Waals surface area contributed by atoms with Gasteiger partial charge in [-0.05, 0) is 26.8 Å². The second-order valence-corrected chi connectivity index (χ2v) is 3.36. The molecule has 6 heteroatoms. The smallest absolute Gasteiger partial charge is 0.328 e. The average molecular weight is 219 g/mol. The molecule has 0 rings (SSSR count). The first-order valence-electron chi connectivity index (χ1n) is 4.25. The van der Waals surface area contributed by atoms with Crippen molar-refractivity contribution < 1.29 is 24.9 Å². The maximum Gasteiger partial charge on any atom is 0.328 e. The molecule has 0 aromatic rings. The van der Waals surface area contributed by atoms with Crippen molar-refractivity contribution in [1.82, 2.24) is 0 Å². The molecule has 0 saturated heterocycles. The molecule has 6 nitrogen and oxygen atoms in total. The molecule has 15 heavy (non-hydrogen) atoms. The topological polar surface area (TPSA) is 121 Å². The molecule has 0 unspecified atom stereocenters. The van der Waals surface area contributed by atoms with E-state index in [9.17, 15) is 9.59 Å². The highest BCUT2D eigenvalue weighted by molar-refractivity contribution is 5.89. The van der Waals surface area contributed by atoms with E-state index in [0.29, 0.717) is 25.1 Å². The van der Waals surface area contributed by atoms with Crippen molar-refractivity contribution >= 4 is 11.9 Å². The van der Waals surface area contributed by atoms with Gasteiger partial charge in [0.2, 0.25) is 0 Å². The Labute approximate surface area is 88.0 Å². The molecule has 0 bridgehead atoms. The molecule has 0 fully saturated rings. The minimum absolute atomic E-state index is 0.558. The van der Waals surface area contributed by atoms with Gasteiger partial charge in [0.25, 0.3) is 0 Å². The molecular weight excluding hydrogens is 202 g/mol. The van der Waals surface area contributed by atoms with Crippen LogP contribution in [-0.2, 0) is 9.59 Å². The van der Waals surface area contributed by atoms with Crippen molar-refractivity contribution in [3.8, 4) is 0 Å². The van der Waals surface area contributed by atoms with E-state index in [1.165, 1.54) is 0 Å². The van der Waals surface area contributed by atoms with Crippen LogP contribution in [0, 0.1) is 0 Å². The second kappa shape index (κ2) is 7.95. The highest BCUT2D eigenvalue weighted by Gasteiger charge is 2.08. The minimum Gasteiger partial charge on any atom is -0.478 e. The SMILES string of the molecule is CC(C)(O)CCN.O=C(O)/C=C/C(=O)O. The van der Waals surface area contributed by atoms with Gasteiger partial charge in [-0.2, -0.15) is 0 Å². The molecular formula is C9H17NO5. The van der Waals surface area contributed by atoms with Crippen LogP contribution in [0.3, 0.4) is 0 Å². The summed E-state index contributed by atoms with van der Waals surface area (Å²) in [7, 11) is 0. The van der Waals surface area contributed by atoms with Crippen LogP contribution in [0.25, 0.3) is 0 Å². The van der Waals surface area contributed by atoms with Crippen molar-refractivity contribution in [2.24, 2.45) is 5.73 Å². The fourth-order valence-corrected chi connectivity index (χ4v) is 0.496. The van der Waals surface area contributed by atoms with E-state index in [2.05, 4.69) is 0 Å². The van der Waals surface area contributed by atoms with Gasteiger partial charge in [-0.1, -0.05) is 0 Å². The number of hydrogen-bond donors (Lipinski definition) is 4. The molecule has 0 radical (unpaired) electrons. The van der Waals surface area contributed by atoms with Gasteiger partial charge in [-0.15, -0.1) is 0 Å². The molecule has 5 N–H and O–H groups in total. The summed E-state index contributed by atoms with van der Waals surface area (Å²) in [5.74, 6) is -2.51. The van der Waals surface area contributed by atoms with Crippen molar-refractivity contribution in [1.29, 1.82) is 0 Å². The normalized spacial score (nSPS) is 10.7. The molecule has 0 aliphatic carbocycles. The molecule has 0 saturated carbocycles. The Morgan fingerprint density at radius 1 is 1.20 bits per heavy atom. The van der Waals surface area contributed by atoms with Crippen molar-refractivity contribution in [2.45, 2.75) is 25.9 Å². The van der Waals surface area contributed by atoms with Gasteiger partial charge >= 0.3 is 11.9 Å². The maximum atomic E-state index is 9.55. The third-order valence-corrected chi connectivity index (χ3v) is 1.12. The van der Waals surface area contributed by atoms with Gasteiger partial charge in [0.1, 0.15) is 0 Å². The standard InChI is InChI=1S/C5H13NO.C4H4O4/c1-5(2,7)3-4-6;5-3(6)1-2-4(7)8/h7H,3-4,6H2,1-2H3;1-2H,(H,5,6)(H,7,8)/b;2-1+. The number of aliphatic carboxylic acids is 2. The van der Waals surface area contributed by atoms with Crippen LogP contribution in [0.5, 0.6) is 0 Å². The lowest BCUT2D eigenvalue weighted by Gasteiger charge is -2.13. The van der Waals surface area contributed by atoms with Gasteiger partial charge in [0.15, 0.2) is 0 Å². The van der Waals surface area contributed by atoms with E-state index in [1.54, 1.807) is 13.8 Å². The summed E-state index contributed by atoms with van der Waals surface area (Å²) < 4.78 is 0. The Bertz CT molecular complexity index is 213. The summed E-state index contributed by atoms with van der Waals surface area (Å²) in [5, 5.41) is 24.6. The third kappa shape index (κ3) is 24.5. The summed E-state index contributed by atoms with van der Waals surface area (Å²) >= 11 is 0. The highest BCUT2D eigenvalue weighted by Crippen LogP contribution is 2.03. The third-order valence-electron chi connectivity index (χ3n) is 1.12. The van der Waals surface area contributed by atoms with Gasteiger partial charge in [0, 0.05) is 12.2 Å². The van der Waals surface area contributed by atoms with E-state index in [0.717, 1.165) is 0 Å². The van der Waals surface area contributed by atoms with E-state index in [1.807, 2.05) is 0 Å². The Kier molecular flexibility index (Phi) is 8.51. The molecule has 0 aliphatic heterocycles. The summed E-state index contributed by atoms with van der Waals surface area (Å²) in [5.41, 5.74) is 4.58. The second-order valence-electron chi connectivity index (χ2n) is 3.36. The predicted molar refractivity (Wildman–Crippen MR) is 54.4 cm³/mol. The Balaban J connectivity index is 0. The number of carbonyl (C=O) groups is 2. The van der Waals surface area contributed by atoms with Gasteiger partial charge in [-0.3, -0.25) is 0 Å². The Hall–Kier alpha value is -1.40. The van der Waals surface area contributed by atoms with E-state index in [-0.39, 0.29) is 0 Å². The first kappa shape index (κ1) is 16.0. The zero-order chi connectivity index (χ0) is 12.5. The fourth-order valence-electron chi connectivity index (χ4n) is 0.496. The van der Waals surface area contributed by atoms with Crippen molar-refractivity contribution in [3.05, 3.63) is 12.2 Å². The number of carboxylic acid groups (broad SMARTS) is 2. The van der Waals surface area contributed by atoms with E-state index >= 15 is 0 Å². The molecule has 0 amide bonds. The van der Waals surface area contributed by atoms with Crippen LogP contribution >= 0.6 is 0 Å². The van der Waals surface area contributed by atoms with E-state index in [4.69, 9.17) is 21.1 Å². The average Bonchev–Trinajstić information content (AvgIpc) is 1.99. The number of nitrogens with two attached hydrogens (primary N) is 1. The highest BCUT2D eigenvalue weighted by atomic mass is 16.4. The van der Waals surface area contributed by atoms with Gasteiger partial charge in [-0.25, -0.2) is 9.59 Å². The van der Waals surface area contributed by atoms with E-state index < -0.39 is 17.5 Å². The predicted octanol–water partition coefficient (Wildman–Crippen LogP) is -0.182. The van der Waals surface area contributed by atoms with Crippen LogP contribution in [0.15, 0.2) is 12.2 Å². The molecule has 0 atom stereocenters. The zero-order valence-electron chi connectivity index (χ0n) is 8.80. The van der Waals surface area contributed by atoms with Crippen LogP contribution in [-0.4, -0.2) is 39.4 Å². The molecule has 0 spiro atoms. The lowest BCUT2D eigenvalue weighted by atomic mass is 10.1. The minimum atomic E-state index is -1.26. The summed E-state index contributed by atoms with van der Waals surface area (Å²) in [4.78, 5) is 19.1. The van der Waals surface area contributed by atoms with Gasteiger partial charge < -0.3 is 21.1 Å². The summed E-state index contributed by atoms with van der Waals surface area (Å²) in [6.07, 6.45) is 1.79. The largest absolute Gasteiger partial charge is 0.478 e. The molecule has 0 heterocycles. The molecule has 0 aromatic carbocycles. The van der Waals surface area contributed by atoms with Gasteiger partial charge in [0.05, 0.1) is 5.60 Å². The maximum absolute atomic E-state index is 9.55. The number of hydrogen-bond acceptors (Lipinski definition) is 4. The first-order chi connectivity index (χ1) is 6.69. The van der Waals surface area contributed by atoms with Crippen molar-refractivity contribution in [2.75, 3.05) is 6.54 Å². The Morgan fingerprint density at radius 3 is 1.60 bits per heavy atom. The lowest BCUT2D eigenvalue weighted by Crippen LogP contribution is -2.22. The van der Waals surface area contributed by atoms with Crippen molar-refractivity contribution in [3.63, 3.8) is 0 Å². The monoisotopic (exact) mass is 219 g/mol. The number of carboxylic acids is 2. The summed E-state index contributed by atoms with van der Waals surface area (Å²) in [6.45, 7) is 4.06. The van der Waals surface area contributed by atoms with Crippen LogP contribution in [0.1, 0.15) is 20.3 Å². The quantitative estimate of drug-likeness (QED) is 0.486. The van der Waals surface area contributed by atoms with Crippen LogP contribution in [0.2, 0.25) is 0 Å². The van der Waals surface area contributed by atoms with Crippen LogP contribution < -0.4 is 5.73 Å². The summed E-state index contributed by atoms with van der Waals surface area (Å²) in [6, 6.07) is 0. The molecule has 88 valence electrons. The number of rotatable bonds is 4. The molecule has 0 aliphatic rings.